The van der Waals surface area contributed by atoms with Crippen LogP contribution in [0.3, 0.4) is 0 Å². The molecule has 7 heteroatoms. The molecule has 0 saturated heterocycles. The van der Waals surface area contributed by atoms with Gasteiger partial charge in [0, 0.05) is 23.8 Å². The molecule has 0 spiro atoms. The minimum atomic E-state index is -0.843. The van der Waals surface area contributed by atoms with Crippen molar-refractivity contribution in [3.63, 3.8) is 0 Å². The van der Waals surface area contributed by atoms with Gasteiger partial charge in [-0.05, 0) is 48.5 Å². The van der Waals surface area contributed by atoms with Crippen LogP contribution in [0.4, 0.5) is 0 Å². The molecular weight excluding hydrogens is 284 g/mol. The molecule has 0 fully saturated rings. The predicted molar refractivity (Wildman–Crippen MR) is 86.3 cm³/mol. The van der Waals surface area contributed by atoms with Gasteiger partial charge in [0.2, 0.25) is 5.91 Å². The van der Waals surface area contributed by atoms with Gasteiger partial charge in [-0.3, -0.25) is 14.4 Å². The van der Waals surface area contributed by atoms with E-state index in [0.29, 0.717) is 5.71 Å². The summed E-state index contributed by atoms with van der Waals surface area (Å²) in [5, 5.41) is 6.26. The van der Waals surface area contributed by atoms with E-state index in [1.54, 1.807) is 25.7 Å². The second kappa shape index (κ2) is 9.17. The first-order valence-corrected chi connectivity index (χ1v) is 7.51. The van der Waals surface area contributed by atoms with E-state index in [1.807, 2.05) is 27.7 Å². The van der Waals surface area contributed by atoms with Crippen LogP contribution in [0.15, 0.2) is 5.10 Å². The molecule has 7 nitrogen and oxygen atoms in total. The van der Waals surface area contributed by atoms with Gasteiger partial charge in [-0.15, -0.1) is 0 Å². The van der Waals surface area contributed by atoms with Crippen molar-refractivity contribution in [3.05, 3.63) is 0 Å². The van der Waals surface area contributed by atoms with Crippen molar-refractivity contribution in [2.24, 2.45) is 5.10 Å². The number of amides is 3. The minimum absolute atomic E-state index is 0.0628. The zero-order chi connectivity index (χ0) is 17.4. The first-order chi connectivity index (χ1) is 10.1. The molecule has 0 aliphatic rings. The lowest BCUT2D eigenvalue weighted by Gasteiger charge is -2.30. The third-order valence-electron chi connectivity index (χ3n) is 2.78. The molecule has 126 valence electrons. The van der Waals surface area contributed by atoms with Gasteiger partial charge in [-0.25, -0.2) is 5.43 Å². The van der Waals surface area contributed by atoms with Crippen molar-refractivity contribution in [2.45, 2.75) is 73.0 Å². The number of nitrogens with one attached hydrogen (secondary N) is 2. The van der Waals surface area contributed by atoms with Gasteiger partial charge in [0.1, 0.15) is 0 Å². The molecule has 0 radical (unpaired) electrons. The average molecular weight is 312 g/mol. The van der Waals surface area contributed by atoms with Crippen molar-refractivity contribution in [1.82, 2.24) is 15.6 Å². The maximum atomic E-state index is 12.2. The van der Waals surface area contributed by atoms with Crippen LogP contribution in [0.2, 0.25) is 0 Å². The monoisotopic (exact) mass is 312 g/mol. The Morgan fingerprint density at radius 1 is 0.955 bits per heavy atom. The smallest absolute Gasteiger partial charge is 0.329 e. The molecule has 0 saturated carbocycles. The summed E-state index contributed by atoms with van der Waals surface area (Å²) in [6, 6.07) is 0.0500. The van der Waals surface area contributed by atoms with Crippen LogP contribution >= 0.6 is 0 Å². The summed E-state index contributed by atoms with van der Waals surface area (Å²) >= 11 is 0. The highest BCUT2D eigenvalue weighted by molar-refractivity contribution is 6.35. The normalized spacial score (nSPS) is 11.8. The highest BCUT2D eigenvalue weighted by Crippen LogP contribution is 2.08. The Bertz CT molecular complexity index is 434. The number of rotatable bonds is 6. The van der Waals surface area contributed by atoms with Crippen LogP contribution in [0.25, 0.3) is 0 Å². The van der Waals surface area contributed by atoms with Crippen LogP contribution in [-0.4, -0.2) is 46.5 Å². The molecule has 3 amide bonds. The molecule has 0 atom stereocenters. The van der Waals surface area contributed by atoms with Gasteiger partial charge in [-0.1, -0.05) is 0 Å². The third kappa shape index (κ3) is 7.19. The van der Waals surface area contributed by atoms with E-state index in [9.17, 15) is 14.4 Å². The third-order valence-corrected chi connectivity index (χ3v) is 2.78. The van der Waals surface area contributed by atoms with E-state index in [0.717, 1.165) is 0 Å². The van der Waals surface area contributed by atoms with Gasteiger partial charge >= 0.3 is 11.8 Å². The molecule has 0 bridgehead atoms. The number of hydrogen-bond donors (Lipinski definition) is 2. The molecule has 0 heterocycles. The summed E-state index contributed by atoms with van der Waals surface area (Å²) in [5.41, 5.74) is 2.60. The van der Waals surface area contributed by atoms with Crippen LogP contribution in [0.5, 0.6) is 0 Å². The number of carbonyl (C=O) groups is 3. The summed E-state index contributed by atoms with van der Waals surface area (Å²) in [5.74, 6) is -1.65. The lowest BCUT2D eigenvalue weighted by molar-refractivity contribution is -0.139. The number of carbonyl (C=O) groups excluding carboxylic acids is 3. The van der Waals surface area contributed by atoms with Crippen molar-refractivity contribution >= 4 is 23.4 Å². The summed E-state index contributed by atoms with van der Waals surface area (Å²) < 4.78 is 0. The SMILES string of the molecule is C/C(CC(=O)N(C(C)C)C(C)C)=N\NC(=O)C(=O)NC(C)C. The Hall–Kier alpha value is -1.92. The Morgan fingerprint density at radius 3 is 1.86 bits per heavy atom. The summed E-state index contributed by atoms with van der Waals surface area (Å²) in [4.78, 5) is 36.9. The highest BCUT2D eigenvalue weighted by atomic mass is 16.2. The fourth-order valence-electron chi connectivity index (χ4n) is 2.05. The maximum Gasteiger partial charge on any atom is 0.329 e. The second-order valence-corrected chi connectivity index (χ2v) is 6.08. The fourth-order valence-corrected chi connectivity index (χ4v) is 2.05. The quantitative estimate of drug-likeness (QED) is 0.436. The Labute approximate surface area is 132 Å². The van der Waals surface area contributed by atoms with Crippen molar-refractivity contribution < 1.29 is 14.4 Å². The minimum Gasteiger partial charge on any atom is -0.346 e. The first-order valence-electron chi connectivity index (χ1n) is 7.51. The van der Waals surface area contributed by atoms with E-state index in [2.05, 4.69) is 15.8 Å². The van der Waals surface area contributed by atoms with Gasteiger partial charge in [0.15, 0.2) is 0 Å². The van der Waals surface area contributed by atoms with Crippen molar-refractivity contribution in [2.75, 3.05) is 0 Å². The summed E-state index contributed by atoms with van der Waals surface area (Å²) in [7, 11) is 0. The van der Waals surface area contributed by atoms with Gasteiger partial charge in [0.25, 0.3) is 0 Å². The number of nitrogens with zero attached hydrogens (tertiary/aromatic N) is 2. The standard InChI is InChI=1S/C15H28N4O3/c1-9(2)16-14(21)15(22)18-17-12(7)8-13(20)19(10(3)4)11(5)6/h9-11H,8H2,1-7H3,(H,16,21)(H,18,22)/b17-12+. The molecule has 0 unspecified atom stereocenters. The first kappa shape index (κ1) is 20.1. The topological polar surface area (TPSA) is 90.9 Å². The van der Waals surface area contributed by atoms with E-state index < -0.39 is 11.8 Å². The van der Waals surface area contributed by atoms with Crippen molar-refractivity contribution in [1.29, 1.82) is 0 Å². The lowest BCUT2D eigenvalue weighted by atomic mass is 10.2. The average Bonchev–Trinajstić information content (AvgIpc) is 2.33. The molecule has 0 aliphatic heterocycles. The zero-order valence-electron chi connectivity index (χ0n) is 14.6. The molecule has 0 rings (SSSR count). The van der Waals surface area contributed by atoms with E-state index in [-0.39, 0.29) is 30.5 Å². The Kier molecular flexibility index (Phi) is 8.37. The number of hydrogen-bond acceptors (Lipinski definition) is 4. The van der Waals surface area contributed by atoms with Crippen molar-refractivity contribution in [3.8, 4) is 0 Å². The second-order valence-electron chi connectivity index (χ2n) is 6.08. The molecule has 0 aromatic heterocycles. The predicted octanol–water partition coefficient (Wildman–Crippen LogP) is 1.04. The molecule has 2 N–H and O–H groups in total. The number of hydrazone groups is 1. The fraction of sp³-hybridized carbons (Fsp3) is 0.733. The largest absolute Gasteiger partial charge is 0.346 e. The molecule has 0 aromatic rings. The molecular formula is C15H28N4O3. The summed E-state index contributed by atoms with van der Waals surface area (Å²) in [6.07, 6.45) is 0.0996. The van der Waals surface area contributed by atoms with Crippen LogP contribution in [0, 0.1) is 0 Å². The maximum absolute atomic E-state index is 12.2. The lowest BCUT2D eigenvalue weighted by Crippen LogP contribution is -2.43. The van der Waals surface area contributed by atoms with Gasteiger partial charge in [-0.2, -0.15) is 5.10 Å². The summed E-state index contributed by atoms with van der Waals surface area (Å²) in [6.45, 7) is 12.9. The van der Waals surface area contributed by atoms with Gasteiger partial charge < -0.3 is 10.2 Å². The van der Waals surface area contributed by atoms with E-state index in [1.165, 1.54) is 0 Å². The van der Waals surface area contributed by atoms with Crippen LogP contribution in [0.1, 0.15) is 54.9 Å². The zero-order valence-corrected chi connectivity index (χ0v) is 14.6. The Balaban J connectivity index is 4.59. The highest BCUT2D eigenvalue weighted by Gasteiger charge is 2.20. The van der Waals surface area contributed by atoms with Gasteiger partial charge in [0.05, 0.1) is 6.42 Å². The molecule has 22 heavy (non-hydrogen) atoms. The van der Waals surface area contributed by atoms with E-state index in [4.69, 9.17) is 0 Å². The molecule has 0 aromatic carbocycles. The molecule has 0 aliphatic carbocycles. The Morgan fingerprint density at radius 2 is 1.45 bits per heavy atom. The van der Waals surface area contributed by atoms with E-state index >= 15 is 0 Å². The van der Waals surface area contributed by atoms with Crippen LogP contribution < -0.4 is 10.7 Å². The van der Waals surface area contributed by atoms with Crippen LogP contribution in [-0.2, 0) is 14.4 Å².